The summed E-state index contributed by atoms with van der Waals surface area (Å²) in [5.41, 5.74) is 4.77. The molecule has 0 aliphatic rings. The summed E-state index contributed by atoms with van der Waals surface area (Å²) in [6.07, 6.45) is 11.5. The zero-order valence-corrected chi connectivity index (χ0v) is 13.1. The molecule has 0 radical (unpaired) electrons. The van der Waals surface area contributed by atoms with Crippen LogP contribution in [0.2, 0.25) is 0 Å². The first-order valence-corrected chi connectivity index (χ1v) is 7.76. The molecule has 0 saturated carbocycles. The van der Waals surface area contributed by atoms with E-state index in [4.69, 9.17) is 21.1 Å². The van der Waals surface area contributed by atoms with Gasteiger partial charge in [-0.3, -0.25) is 9.59 Å². The summed E-state index contributed by atoms with van der Waals surface area (Å²) >= 11 is 0. The Morgan fingerprint density at radius 1 is 0.905 bits per heavy atom. The maximum absolute atomic E-state index is 10.2. The fourth-order valence-corrected chi connectivity index (χ4v) is 1.66. The molecule has 6 heteroatoms. The Morgan fingerprint density at radius 2 is 1.33 bits per heavy atom. The quantitative estimate of drug-likeness (QED) is 0.411. The third-order valence-corrected chi connectivity index (χ3v) is 3.01. The Bertz CT molecular complexity index is 258. The van der Waals surface area contributed by atoms with Crippen molar-refractivity contribution in [1.82, 2.24) is 0 Å². The summed E-state index contributed by atoms with van der Waals surface area (Å²) in [7, 11) is 0. The number of rotatable bonds is 12. The van der Waals surface area contributed by atoms with Crippen LogP contribution in [0.1, 0.15) is 71.1 Å². The fraction of sp³-hybridized carbons (Fsp3) is 0.867. The average Bonchev–Trinajstić information content (AvgIpc) is 2.45. The minimum atomic E-state index is -1.18. The van der Waals surface area contributed by atoms with Gasteiger partial charge in [-0.05, 0) is 6.42 Å². The van der Waals surface area contributed by atoms with Gasteiger partial charge in [-0.15, -0.1) is 0 Å². The van der Waals surface area contributed by atoms with Gasteiger partial charge in [-0.25, -0.2) is 0 Å². The molecule has 0 bridgehead atoms. The van der Waals surface area contributed by atoms with Crippen molar-refractivity contribution in [1.29, 1.82) is 0 Å². The summed E-state index contributed by atoms with van der Waals surface area (Å²) in [6, 6.07) is -1.13. The average molecular weight is 305 g/mol. The van der Waals surface area contributed by atoms with Crippen molar-refractivity contribution < 1.29 is 24.9 Å². The van der Waals surface area contributed by atoms with Crippen molar-refractivity contribution in [3.05, 3.63) is 0 Å². The van der Waals surface area contributed by atoms with Gasteiger partial charge in [-0.1, -0.05) is 58.3 Å². The number of nitrogens with two attached hydrogens (primary N) is 1. The van der Waals surface area contributed by atoms with Gasteiger partial charge in [0.2, 0.25) is 0 Å². The summed E-state index contributed by atoms with van der Waals surface area (Å²) in [6.45, 7) is 1.72. The highest BCUT2D eigenvalue weighted by molar-refractivity contribution is 5.73. The third kappa shape index (κ3) is 21.3. The Morgan fingerprint density at radius 3 is 1.62 bits per heavy atom. The SMILES string of the molecule is CCCCCCCCCCCC(=O)O.NC(CO)C(=O)O. The van der Waals surface area contributed by atoms with Crippen molar-refractivity contribution in [2.75, 3.05) is 6.61 Å². The first kappa shape index (κ1) is 22.1. The smallest absolute Gasteiger partial charge is 0.322 e. The van der Waals surface area contributed by atoms with Gasteiger partial charge < -0.3 is 21.1 Å². The summed E-state index contributed by atoms with van der Waals surface area (Å²) in [5, 5.41) is 24.3. The van der Waals surface area contributed by atoms with E-state index in [2.05, 4.69) is 6.92 Å². The van der Waals surface area contributed by atoms with Crippen LogP contribution in [-0.2, 0) is 9.59 Å². The van der Waals surface area contributed by atoms with Gasteiger partial charge in [0.25, 0.3) is 0 Å². The number of aliphatic hydroxyl groups excluding tert-OH is 1. The van der Waals surface area contributed by atoms with Crippen molar-refractivity contribution >= 4 is 11.9 Å². The molecule has 6 nitrogen and oxygen atoms in total. The van der Waals surface area contributed by atoms with Crippen molar-refractivity contribution in [2.45, 2.75) is 77.2 Å². The van der Waals surface area contributed by atoms with E-state index in [1.54, 1.807) is 0 Å². The lowest BCUT2D eigenvalue weighted by molar-refractivity contribution is -0.139. The predicted molar refractivity (Wildman–Crippen MR) is 82.2 cm³/mol. The number of carboxylic acids is 2. The minimum Gasteiger partial charge on any atom is -0.481 e. The van der Waals surface area contributed by atoms with Crippen LogP contribution in [0.15, 0.2) is 0 Å². The number of hydrogen-bond acceptors (Lipinski definition) is 4. The van der Waals surface area contributed by atoms with E-state index in [0.29, 0.717) is 6.42 Å². The lowest BCUT2D eigenvalue weighted by atomic mass is 10.1. The van der Waals surface area contributed by atoms with Crippen LogP contribution in [0.3, 0.4) is 0 Å². The van der Waals surface area contributed by atoms with Crippen LogP contribution in [0.5, 0.6) is 0 Å². The zero-order chi connectivity index (χ0) is 16.5. The second-order valence-corrected chi connectivity index (χ2v) is 5.10. The van der Waals surface area contributed by atoms with Crippen LogP contribution in [-0.4, -0.2) is 39.9 Å². The highest BCUT2D eigenvalue weighted by atomic mass is 16.4. The van der Waals surface area contributed by atoms with E-state index in [1.165, 1.54) is 44.9 Å². The van der Waals surface area contributed by atoms with E-state index in [0.717, 1.165) is 12.8 Å². The Balaban J connectivity index is 0. The second-order valence-electron chi connectivity index (χ2n) is 5.10. The van der Waals surface area contributed by atoms with Gasteiger partial charge in [0.1, 0.15) is 6.04 Å². The molecule has 1 atom stereocenters. The van der Waals surface area contributed by atoms with E-state index < -0.39 is 24.6 Å². The van der Waals surface area contributed by atoms with Gasteiger partial charge in [0.15, 0.2) is 0 Å². The van der Waals surface area contributed by atoms with Gasteiger partial charge >= 0.3 is 11.9 Å². The highest BCUT2D eigenvalue weighted by Gasteiger charge is 2.07. The molecule has 126 valence electrons. The van der Waals surface area contributed by atoms with E-state index in [1.807, 2.05) is 0 Å². The maximum atomic E-state index is 10.2. The van der Waals surface area contributed by atoms with Crippen LogP contribution < -0.4 is 5.73 Å². The summed E-state index contributed by atoms with van der Waals surface area (Å²) in [4.78, 5) is 19.9. The molecule has 0 aliphatic heterocycles. The highest BCUT2D eigenvalue weighted by Crippen LogP contribution is 2.10. The molecule has 0 aliphatic carbocycles. The molecule has 0 aromatic rings. The molecule has 1 unspecified atom stereocenters. The van der Waals surface area contributed by atoms with Crippen LogP contribution in [0.4, 0.5) is 0 Å². The zero-order valence-electron chi connectivity index (χ0n) is 13.1. The first-order valence-electron chi connectivity index (χ1n) is 7.76. The normalized spacial score (nSPS) is 11.4. The maximum Gasteiger partial charge on any atom is 0.322 e. The van der Waals surface area contributed by atoms with Crippen molar-refractivity contribution in [2.24, 2.45) is 5.73 Å². The molecule has 0 aromatic carbocycles. The lowest BCUT2D eigenvalue weighted by Crippen LogP contribution is -2.33. The Hall–Kier alpha value is -1.14. The number of aliphatic hydroxyl groups is 1. The summed E-state index contributed by atoms with van der Waals surface area (Å²) in [5.74, 6) is -1.84. The van der Waals surface area contributed by atoms with Crippen LogP contribution >= 0.6 is 0 Å². The number of carboxylic acid groups (broad SMARTS) is 2. The van der Waals surface area contributed by atoms with Crippen molar-refractivity contribution in [3.8, 4) is 0 Å². The monoisotopic (exact) mass is 305 g/mol. The molecule has 0 spiro atoms. The molecule has 0 aromatic heterocycles. The Labute approximate surface area is 127 Å². The number of carbonyl (C=O) groups is 2. The molecule has 0 saturated heterocycles. The minimum absolute atomic E-state index is 0.343. The molecule has 0 rings (SSSR count). The molecule has 5 N–H and O–H groups in total. The van der Waals surface area contributed by atoms with E-state index in [-0.39, 0.29) is 0 Å². The molecule has 0 fully saturated rings. The van der Waals surface area contributed by atoms with E-state index >= 15 is 0 Å². The Kier molecular flexibility index (Phi) is 17.8. The molecular formula is C15H31NO5. The molecule has 21 heavy (non-hydrogen) atoms. The summed E-state index contributed by atoms with van der Waals surface area (Å²) < 4.78 is 0. The lowest BCUT2D eigenvalue weighted by Gasteiger charge is -2.00. The van der Waals surface area contributed by atoms with Crippen LogP contribution in [0.25, 0.3) is 0 Å². The number of hydrogen-bond donors (Lipinski definition) is 4. The topological polar surface area (TPSA) is 121 Å². The molecule has 0 amide bonds. The molecule has 0 heterocycles. The van der Waals surface area contributed by atoms with Gasteiger partial charge in [0, 0.05) is 6.42 Å². The van der Waals surface area contributed by atoms with Crippen molar-refractivity contribution in [3.63, 3.8) is 0 Å². The van der Waals surface area contributed by atoms with Crippen LogP contribution in [0, 0.1) is 0 Å². The standard InChI is InChI=1S/C12H24O2.C3H7NO3/c1-2-3-4-5-6-7-8-9-10-11-12(13)14;4-2(1-5)3(6)7/h2-11H2,1H3,(H,13,14);2,5H,1,4H2,(H,6,7). The fourth-order valence-electron chi connectivity index (χ4n) is 1.66. The predicted octanol–water partition coefficient (Wildman–Crippen LogP) is 2.38. The number of aliphatic carboxylic acids is 2. The largest absolute Gasteiger partial charge is 0.481 e. The number of unbranched alkanes of at least 4 members (excludes halogenated alkanes) is 8. The van der Waals surface area contributed by atoms with E-state index in [9.17, 15) is 9.59 Å². The molecular weight excluding hydrogens is 274 g/mol. The first-order chi connectivity index (χ1) is 9.95. The third-order valence-electron chi connectivity index (χ3n) is 3.01. The second kappa shape index (κ2) is 16.9. The van der Waals surface area contributed by atoms with Gasteiger partial charge in [0.05, 0.1) is 6.61 Å². The van der Waals surface area contributed by atoms with Gasteiger partial charge in [-0.2, -0.15) is 0 Å².